The fourth-order valence-electron chi connectivity index (χ4n) is 2.42. The quantitative estimate of drug-likeness (QED) is 0.741. The zero-order chi connectivity index (χ0) is 16.8. The molecular formula is C16H21NO5S. The summed E-state index contributed by atoms with van der Waals surface area (Å²) in [6.45, 7) is 2.00. The Morgan fingerprint density at radius 3 is 2.70 bits per heavy atom. The fraction of sp³-hybridized carbons (Fsp3) is 0.500. The van der Waals surface area contributed by atoms with Crippen molar-refractivity contribution in [1.82, 2.24) is 4.90 Å². The minimum absolute atomic E-state index is 0.0430. The number of hydrogen-bond donors (Lipinski definition) is 0. The molecule has 126 valence electrons. The molecule has 1 heterocycles. The Labute approximate surface area is 140 Å². The molecule has 0 aliphatic carbocycles. The standard InChI is InChI=1S/C16H21NO5S/c1-4-22-15(19)10-17-14(18)7-8-23-16(17)11-5-6-12(20-2)13(9-11)21-3/h5-6,9,16H,4,7-8,10H2,1-3H3. The van der Waals surface area contributed by atoms with Crippen LogP contribution in [0.25, 0.3) is 0 Å². The highest BCUT2D eigenvalue weighted by Gasteiger charge is 2.32. The largest absolute Gasteiger partial charge is 0.493 e. The number of carbonyl (C=O) groups is 2. The Morgan fingerprint density at radius 1 is 1.30 bits per heavy atom. The molecule has 1 fully saturated rings. The van der Waals surface area contributed by atoms with Gasteiger partial charge in [0.15, 0.2) is 11.5 Å². The minimum atomic E-state index is -0.395. The lowest BCUT2D eigenvalue weighted by molar-refractivity contribution is -0.149. The normalized spacial score (nSPS) is 17.8. The average molecular weight is 339 g/mol. The van der Waals surface area contributed by atoms with Gasteiger partial charge in [0.05, 0.1) is 20.8 Å². The van der Waals surface area contributed by atoms with Crippen LogP contribution in [-0.4, -0.2) is 49.9 Å². The summed E-state index contributed by atoms with van der Waals surface area (Å²) in [5.41, 5.74) is 0.894. The van der Waals surface area contributed by atoms with Gasteiger partial charge < -0.3 is 19.1 Å². The molecule has 1 atom stereocenters. The van der Waals surface area contributed by atoms with E-state index in [0.717, 1.165) is 11.3 Å². The zero-order valence-corrected chi connectivity index (χ0v) is 14.4. The SMILES string of the molecule is CCOC(=O)CN1C(=O)CCSC1c1ccc(OC)c(OC)c1. The number of nitrogens with zero attached hydrogens (tertiary/aromatic N) is 1. The van der Waals surface area contributed by atoms with E-state index in [-0.39, 0.29) is 17.8 Å². The number of benzene rings is 1. The molecule has 0 aromatic heterocycles. The second kappa shape index (κ2) is 8.10. The summed E-state index contributed by atoms with van der Waals surface area (Å²) in [5.74, 6) is 1.50. The predicted octanol–water partition coefficient (Wildman–Crippen LogP) is 2.23. The third-order valence-electron chi connectivity index (χ3n) is 3.49. The Kier molecular flexibility index (Phi) is 6.15. The Hall–Kier alpha value is -1.89. The molecule has 0 spiro atoms. The smallest absolute Gasteiger partial charge is 0.325 e. The van der Waals surface area contributed by atoms with Crippen molar-refractivity contribution in [2.45, 2.75) is 18.7 Å². The summed E-state index contributed by atoms with van der Waals surface area (Å²) in [6.07, 6.45) is 0.424. The molecule has 1 saturated heterocycles. The molecule has 0 bridgehead atoms. The van der Waals surface area contributed by atoms with Gasteiger partial charge in [0.2, 0.25) is 5.91 Å². The van der Waals surface area contributed by atoms with E-state index in [1.807, 2.05) is 12.1 Å². The summed E-state index contributed by atoms with van der Waals surface area (Å²) >= 11 is 1.62. The zero-order valence-electron chi connectivity index (χ0n) is 13.5. The van der Waals surface area contributed by atoms with Gasteiger partial charge in [-0.05, 0) is 24.6 Å². The maximum atomic E-state index is 12.2. The molecule has 0 radical (unpaired) electrons. The average Bonchev–Trinajstić information content (AvgIpc) is 2.56. The summed E-state index contributed by atoms with van der Waals surface area (Å²) in [5, 5.41) is -0.236. The van der Waals surface area contributed by atoms with Crippen molar-refractivity contribution >= 4 is 23.6 Å². The summed E-state index contributed by atoms with van der Waals surface area (Å²) in [7, 11) is 3.14. The van der Waals surface area contributed by atoms with Crippen molar-refractivity contribution < 1.29 is 23.8 Å². The van der Waals surface area contributed by atoms with E-state index in [0.29, 0.717) is 24.5 Å². The van der Waals surface area contributed by atoms with Crippen molar-refractivity contribution in [3.8, 4) is 11.5 Å². The Balaban J connectivity index is 2.26. The van der Waals surface area contributed by atoms with Gasteiger partial charge in [-0.25, -0.2) is 0 Å². The minimum Gasteiger partial charge on any atom is -0.493 e. The van der Waals surface area contributed by atoms with Crippen molar-refractivity contribution in [3.05, 3.63) is 23.8 Å². The van der Waals surface area contributed by atoms with Crippen LogP contribution < -0.4 is 9.47 Å². The molecule has 0 N–H and O–H groups in total. The number of methoxy groups -OCH3 is 2. The van der Waals surface area contributed by atoms with Crippen LogP contribution in [0.2, 0.25) is 0 Å². The number of ether oxygens (including phenoxy) is 3. The number of thioether (sulfide) groups is 1. The van der Waals surface area contributed by atoms with Crippen LogP contribution in [0.1, 0.15) is 24.3 Å². The second-order valence-corrected chi connectivity index (χ2v) is 6.10. The Morgan fingerprint density at radius 2 is 2.04 bits per heavy atom. The molecule has 1 aromatic carbocycles. The van der Waals surface area contributed by atoms with E-state index in [1.54, 1.807) is 43.9 Å². The van der Waals surface area contributed by atoms with Gasteiger partial charge in [0.25, 0.3) is 0 Å². The van der Waals surface area contributed by atoms with E-state index in [9.17, 15) is 9.59 Å². The third-order valence-corrected chi connectivity index (χ3v) is 4.77. The van der Waals surface area contributed by atoms with Crippen molar-refractivity contribution in [1.29, 1.82) is 0 Å². The number of esters is 1. The maximum absolute atomic E-state index is 12.2. The summed E-state index contributed by atoms with van der Waals surface area (Å²) < 4.78 is 15.5. The molecule has 6 nitrogen and oxygen atoms in total. The molecule has 1 unspecified atom stereocenters. The van der Waals surface area contributed by atoms with E-state index in [1.165, 1.54) is 0 Å². The lowest BCUT2D eigenvalue weighted by Crippen LogP contribution is -2.41. The van der Waals surface area contributed by atoms with Gasteiger partial charge in [-0.15, -0.1) is 11.8 Å². The van der Waals surface area contributed by atoms with Gasteiger partial charge >= 0.3 is 5.97 Å². The lowest BCUT2D eigenvalue weighted by Gasteiger charge is -2.34. The monoisotopic (exact) mass is 339 g/mol. The molecular weight excluding hydrogens is 318 g/mol. The van der Waals surface area contributed by atoms with Crippen LogP contribution in [-0.2, 0) is 14.3 Å². The molecule has 23 heavy (non-hydrogen) atoms. The van der Waals surface area contributed by atoms with Gasteiger partial charge in [0.1, 0.15) is 11.9 Å². The molecule has 1 aliphatic heterocycles. The summed E-state index contributed by atoms with van der Waals surface area (Å²) in [6, 6.07) is 5.53. The van der Waals surface area contributed by atoms with Crippen molar-refractivity contribution in [3.63, 3.8) is 0 Å². The molecule has 0 saturated carbocycles. The number of hydrogen-bond acceptors (Lipinski definition) is 6. The van der Waals surface area contributed by atoms with Crippen LogP contribution in [0.3, 0.4) is 0 Å². The molecule has 1 aromatic rings. The highest BCUT2D eigenvalue weighted by Crippen LogP contribution is 2.40. The third kappa shape index (κ3) is 4.10. The second-order valence-electron chi connectivity index (χ2n) is 4.91. The molecule has 7 heteroatoms. The molecule has 1 aliphatic rings. The van der Waals surface area contributed by atoms with E-state index < -0.39 is 5.97 Å². The van der Waals surface area contributed by atoms with Gasteiger partial charge in [-0.2, -0.15) is 0 Å². The Bertz CT molecular complexity index is 578. The molecule has 2 rings (SSSR count). The predicted molar refractivity (Wildman–Crippen MR) is 87.7 cm³/mol. The summed E-state index contributed by atoms with van der Waals surface area (Å²) in [4.78, 5) is 25.6. The number of rotatable bonds is 6. The van der Waals surface area contributed by atoms with Gasteiger partial charge in [-0.1, -0.05) is 6.07 Å². The highest BCUT2D eigenvalue weighted by atomic mass is 32.2. The van der Waals surface area contributed by atoms with Crippen molar-refractivity contribution in [2.75, 3.05) is 33.1 Å². The van der Waals surface area contributed by atoms with Crippen LogP contribution in [0.4, 0.5) is 0 Å². The number of carbonyl (C=O) groups excluding carboxylic acids is 2. The number of amides is 1. The topological polar surface area (TPSA) is 65.1 Å². The van der Waals surface area contributed by atoms with Crippen LogP contribution in [0, 0.1) is 0 Å². The maximum Gasteiger partial charge on any atom is 0.325 e. The van der Waals surface area contributed by atoms with Crippen LogP contribution in [0.15, 0.2) is 18.2 Å². The van der Waals surface area contributed by atoms with E-state index in [2.05, 4.69) is 0 Å². The van der Waals surface area contributed by atoms with Crippen molar-refractivity contribution in [2.24, 2.45) is 0 Å². The van der Waals surface area contributed by atoms with Crippen LogP contribution >= 0.6 is 11.8 Å². The van der Waals surface area contributed by atoms with E-state index >= 15 is 0 Å². The first-order chi connectivity index (χ1) is 11.1. The van der Waals surface area contributed by atoms with Crippen LogP contribution in [0.5, 0.6) is 11.5 Å². The fourth-order valence-corrected chi connectivity index (χ4v) is 3.65. The first-order valence-electron chi connectivity index (χ1n) is 7.39. The first-order valence-corrected chi connectivity index (χ1v) is 8.44. The lowest BCUT2D eigenvalue weighted by atomic mass is 10.1. The van der Waals surface area contributed by atoms with E-state index in [4.69, 9.17) is 14.2 Å². The van der Waals surface area contributed by atoms with Gasteiger partial charge in [-0.3, -0.25) is 9.59 Å². The molecule has 1 amide bonds. The first kappa shape index (κ1) is 17.5. The van der Waals surface area contributed by atoms with Gasteiger partial charge in [0, 0.05) is 12.2 Å². The highest BCUT2D eigenvalue weighted by molar-refractivity contribution is 7.99.